The molecule has 0 bridgehead atoms. The number of anilines is 1. The molecule has 0 fully saturated rings. The number of phenols is 1. The summed E-state index contributed by atoms with van der Waals surface area (Å²) in [6.45, 7) is 0. The number of para-hydroxylation sites is 1. The number of nitrogens with zero attached hydrogens (tertiary/aromatic N) is 3. The maximum Gasteiger partial charge on any atom is 0.156 e. The van der Waals surface area contributed by atoms with E-state index in [-0.39, 0.29) is 5.75 Å². The molecule has 0 radical (unpaired) electrons. The fraction of sp³-hybridized carbons (Fsp3) is 0.0667. The second-order valence-corrected chi connectivity index (χ2v) is 4.45. The predicted octanol–water partition coefficient (Wildman–Crippen LogP) is 2.23. The van der Waals surface area contributed by atoms with Crippen molar-refractivity contribution in [3.8, 4) is 28.4 Å². The summed E-state index contributed by atoms with van der Waals surface area (Å²) < 4.78 is 6.83. The van der Waals surface area contributed by atoms with Gasteiger partial charge in [-0.05, 0) is 36.4 Å². The van der Waals surface area contributed by atoms with Crippen molar-refractivity contribution in [3.05, 3.63) is 48.5 Å². The molecular formula is C15H14N4O2. The molecule has 3 N–H and O–H groups in total. The highest BCUT2D eigenvalue weighted by molar-refractivity contribution is 5.75. The van der Waals surface area contributed by atoms with Crippen LogP contribution in [0.15, 0.2) is 48.5 Å². The number of nitrogen functional groups attached to an aromatic ring is 1. The van der Waals surface area contributed by atoms with Crippen LogP contribution in [0.4, 0.5) is 5.82 Å². The summed E-state index contributed by atoms with van der Waals surface area (Å²) in [5.41, 5.74) is 8.21. The number of hydrogen-bond donors (Lipinski definition) is 2. The number of aromatic nitrogens is 3. The molecule has 0 unspecified atom stereocenters. The average molecular weight is 282 g/mol. The van der Waals surface area contributed by atoms with Gasteiger partial charge in [-0.2, -0.15) is 4.68 Å². The molecule has 0 aliphatic carbocycles. The highest BCUT2D eigenvalue weighted by atomic mass is 16.5. The minimum Gasteiger partial charge on any atom is -0.508 e. The van der Waals surface area contributed by atoms with Crippen molar-refractivity contribution in [1.82, 2.24) is 15.0 Å². The van der Waals surface area contributed by atoms with Crippen molar-refractivity contribution in [2.75, 3.05) is 12.8 Å². The Morgan fingerprint density at radius 3 is 2.52 bits per heavy atom. The van der Waals surface area contributed by atoms with Gasteiger partial charge in [0.25, 0.3) is 0 Å². The van der Waals surface area contributed by atoms with Gasteiger partial charge in [-0.3, -0.25) is 0 Å². The Kier molecular flexibility index (Phi) is 3.19. The van der Waals surface area contributed by atoms with Crippen LogP contribution in [0.5, 0.6) is 11.5 Å². The van der Waals surface area contributed by atoms with E-state index in [4.69, 9.17) is 10.5 Å². The highest BCUT2D eigenvalue weighted by Gasteiger charge is 2.16. The van der Waals surface area contributed by atoms with Crippen molar-refractivity contribution in [1.29, 1.82) is 0 Å². The highest BCUT2D eigenvalue weighted by Crippen LogP contribution is 2.32. The summed E-state index contributed by atoms with van der Waals surface area (Å²) in [7, 11) is 1.60. The molecule has 0 saturated carbocycles. The van der Waals surface area contributed by atoms with Gasteiger partial charge in [0.05, 0.1) is 12.8 Å². The molecule has 106 valence electrons. The largest absolute Gasteiger partial charge is 0.508 e. The van der Waals surface area contributed by atoms with Gasteiger partial charge in [0.1, 0.15) is 17.2 Å². The van der Waals surface area contributed by atoms with Crippen molar-refractivity contribution in [3.63, 3.8) is 0 Å². The Morgan fingerprint density at radius 2 is 1.81 bits per heavy atom. The molecule has 0 aliphatic rings. The van der Waals surface area contributed by atoms with Crippen LogP contribution < -0.4 is 10.5 Å². The van der Waals surface area contributed by atoms with Crippen LogP contribution in [0.25, 0.3) is 16.9 Å². The number of aromatic hydroxyl groups is 1. The third-order valence-electron chi connectivity index (χ3n) is 3.16. The van der Waals surface area contributed by atoms with Crippen molar-refractivity contribution in [2.45, 2.75) is 0 Å². The van der Waals surface area contributed by atoms with Crippen LogP contribution in [-0.4, -0.2) is 27.2 Å². The fourth-order valence-corrected chi connectivity index (χ4v) is 2.11. The molecule has 21 heavy (non-hydrogen) atoms. The van der Waals surface area contributed by atoms with Crippen LogP contribution in [-0.2, 0) is 0 Å². The molecule has 0 saturated heterocycles. The molecule has 1 aromatic heterocycles. The zero-order valence-corrected chi connectivity index (χ0v) is 11.4. The van der Waals surface area contributed by atoms with Crippen LogP contribution in [0, 0.1) is 0 Å². The Labute approximate surface area is 121 Å². The maximum atomic E-state index is 9.33. The molecule has 0 aliphatic heterocycles. The molecule has 3 rings (SSSR count). The molecule has 6 heteroatoms. The fourth-order valence-electron chi connectivity index (χ4n) is 2.11. The number of rotatable bonds is 3. The molecule has 2 aromatic carbocycles. The van der Waals surface area contributed by atoms with E-state index in [0.29, 0.717) is 17.3 Å². The molecule has 6 nitrogen and oxygen atoms in total. The second-order valence-electron chi connectivity index (χ2n) is 4.45. The average Bonchev–Trinajstić information content (AvgIpc) is 2.89. The maximum absolute atomic E-state index is 9.33. The first-order valence-corrected chi connectivity index (χ1v) is 6.34. The van der Waals surface area contributed by atoms with Crippen molar-refractivity contribution >= 4 is 5.82 Å². The second kappa shape index (κ2) is 5.16. The standard InChI is InChI=1S/C15H14N4O2/c1-21-13-5-3-2-4-12(13)14-15(16)19(18-17-14)10-6-8-11(20)9-7-10/h2-9,20H,16H2,1H3. The predicted molar refractivity (Wildman–Crippen MR) is 79.4 cm³/mol. The van der Waals surface area contributed by atoms with E-state index in [1.54, 1.807) is 31.4 Å². The quantitative estimate of drug-likeness (QED) is 0.769. The summed E-state index contributed by atoms with van der Waals surface area (Å²) in [6.07, 6.45) is 0. The Bertz CT molecular complexity index is 766. The third-order valence-corrected chi connectivity index (χ3v) is 3.16. The summed E-state index contributed by atoms with van der Waals surface area (Å²) >= 11 is 0. The first kappa shape index (κ1) is 13.0. The lowest BCUT2D eigenvalue weighted by molar-refractivity contribution is 0.416. The molecule has 0 amide bonds. The molecular weight excluding hydrogens is 268 g/mol. The monoisotopic (exact) mass is 282 g/mol. The van der Waals surface area contributed by atoms with Gasteiger partial charge < -0.3 is 15.6 Å². The minimum atomic E-state index is 0.183. The van der Waals surface area contributed by atoms with Crippen LogP contribution in [0.3, 0.4) is 0 Å². The van der Waals surface area contributed by atoms with Gasteiger partial charge >= 0.3 is 0 Å². The van der Waals surface area contributed by atoms with E-state index in [0.717, 1.165) is 11.3 Å². The normalized spacial score (nSPS) is 10.5. The zero-order valence-electron chi connectivity index (χ0n) is 11.4. The Balaban J connectivity index is 2.09. The summed E-state index contributed by atoms with van der Waals surface area (Å²) in [4.78, 5) is 0. The van der Waals surface area contributed by atoms with Gasteiger partial charge in [0.2, 0.25) is 0 Å². The van der Waals surface area contributed by atoms with Gasteiger partial charge in [-0.15, -0.1) is 5.10 Å². The van der Waals surface area contributed by atoms with Crippen molar-refractivity contribution < 1.29 is 9.84 Å². The lowest BCUT2D eigenvalue weighted by atomic mass is 10.1. The molecule has 3 aromatic rings. The number of benzene rings is 2. The van der Waals surface area contributed by atoms with Gasteiger partial charge in [0.15, 0.2) is 5.82 Å². The lowest BCUT2D eigenvalue weighted by Gasteiger charge is -2.07. The van der Waals surface area contributed by atoms with Gasteiger partial charge in [-0.1, -0.05) is 17.3 Å². The summed E-state index contributed by atoms with van der Waals surface area (Å²) in [6, 6.07) is 14.0. The molecule has 1 heterocycles. The zero-order chi connectivity index (χ0) is 14.8. The summed E-state index contributed by atoms with van der Waals surface area (Å²) in [5, 5.41) is 17.5. The van der Waals surface area contributed by atoms with E-state index in [1.165, 1.54) is 4.68 Å². The van der Waals surface area contributed by atoms with E-state index in [1.807, 2.05) is 24.3 Å². The number of nitrogens with two attached hydrogens (primary N) is 1. The van der Waals surface area contributed by atoms with Gasteiger partial charge in [-0.25, -0.2) is 0 Å². The van der Waals surface area contributed by atoms with E-state index < -0.39 is 0 Å². The summed E-state index contributed by atoms with van der Waals surface area (Å²) in [5.74, 6) is 1.27. The first-order valence-electron chi connectivity index (χ1n) is 6.34. The van der Waals surface area contributed by atoms with E-state index in [2.05, 4.69) is 10.3 Å². The molecule has 0 spiro atoms. The van der Waals surface area contributed by atoms with Gasteiger partial charge in [0, 0.05) is 5.56 Å². The Morgan fingerprint density at radius 1 is 1.10 bits per heavy atom. The first-order chi connectivity index (χ1) is 10.2. The van der Waals surface area contributed by atoms with Crippen LogP contribution >= 0.6 is 0 Å². The Hall–Kier alpha value is -3.02. The van der Waals surface area contributed by atoms with E-state index >= 15 is 0 Å². The van der Waals surface area contributed by atoms with Crippen LogP contribution in [0.1, 0.15) is 0 Å². The number of phenolic OH excluding ortho intramolecular Hbond substituents is 1. The smallest absolute Gasteiger partial charge is 0.156 e. The molecule has 0 atom stereocenters. The van der Waals surface area contributed by atoms with Crippen molar-refractivity contribution in [2.24, 2.45) is 0 Å². The third kappa shape index (κ3) is 2.27. The topological polar surface area (TPSA) is 86.2 Å². The SMILES string of the molecule is COc1ccccc1-c1nnn(-c2ccc(O)cc2)c1N. The number of ether oxygens (including phenoxy) is 1. The minimum absolute atomic E-state index is 0.183. The lowest BCUT2D eigenvalue weighted by Crippen LogP contribution is -2.02. The number of hydrogen-bond acceptors (Lipinski definition) is 5. The van der Waals surface area contributed by atoms with E-state index in [9.17, 15) is 5.11 Å². The number of methoxy groups -OCH3 is 1. The van der Waals surface area contributed by atoms with Crippen LogP contribution in [0.2, 0.25) is 0 Å².